The fourth-order valence-corrected chi connectivity index (χ4v) is 3.53. The smallest absolute Gasteiger partial charge is 0.226 e. The quantitative estimate of drug-likeness (QED) is 0.705. The monoisotopic (exact) mass is 408 g/mol. The Kier molecular flexibility index (Phi) is 5.35. The summed E-state index contributed by atoms with van der Waals surface area (Å²) in [5.41, 5.74) is 0.881. The maximum Gasteiger partial charge on any atom is 0.226 e. The number of oxime groups is 1. The third-order valence-electron chi connectivity index (χ3n) is 5.16. The second kappa shape index (κ2) is 7.91. The summed E-state index contributed by atoms with van der Waals surface area (Å²) >= 11 is 5.80. The Morgan fingerprint density at radius 2 is 2.07 bits per heavy atom. The van der Waals surface area contributed by atoms with Gasteiger partial charge in [0.2, 0.25) is 5.91 Å². The van der Waals surface area contributed by atoms with E-state index >= 15 is 0 Å². The van der Waals surface area contributed by atoms with Crippen LogP contribution in [0.4, 0.5) is 8.78 Å². The lowest BCUT2D eigenvalue weighted by molar-refractivity contribution is -0.140. The minimum atomic E-state index is -0.666. The van der Waals surface area contributed by atoms with Crippen LogP contribution < -0.4 is 0 Å². The second-order valence-corrected chi connectivity index (χ2v) is 7.53. The van der Waals surface area contributed by atoms with Gasteiger partial charge >= 0.3 is 0 Å². The molecule has 1 aliphatic carbocycles. The fraction of sp³-hybridized carbons (Fsp3) is 0.400. The Labute approximate surface area is 165 Å². The molecule has 0 bridgehead atoms. The molecule has 28 heavy (non-hydrogen) atoms. The Morgan fingerprint density at radius 1 is 1.25 bits per heavy atom. The molecule has 2 aromatic rings. The molecule has 5 nitrogen and oxygen atoms in total. The van der Waals surface area contributed by atoms with Crippen LogP contribution in [0, 0.1) is 17.6 Å². The van der Waals surface area contributed by atoms with Crippen molar-refractivity contribution in [1.82, 2.24) is 4.90 Å². The van der Waals surface area contributed by atoms with Crippen LogP contribution in [-0.2, 0) is 16.2 Å². The minimum absolute atomic E-state index is 0.0342. The van der Waals surface area contributed by atoms with E-state index in [0.29, 0.717) is 17.9 Å². The molecule has 1 aromatic carbocycles. The van der Waals surface area contributed by atoms with Gasteiger partial charge in [0.1, 0.15) is 17.3 Å². The van der Waals surface area contributed by atoms with Crippen molar-refractivity contribution in [3.63, 3.8) is 0 Å². The molecule has 2 aliphatic rings. The van der Waals surface area contributed by atoms with E-state index < -0.39 is 11.6 Å². The molecule has 2 heterocycles. The van der Waals surface area contributed by atoms with Gasteiger partial charge in [-0.3, -0.25) is 4.79 Å². The van der Waals surface area contributed by atoms with E-state index in [0.717, 1.165) is 25.3 Å². The summed E-state index contributed by atoms with van der Waals surface area (Å²) in [4.78, 5) is 19.9. The third kappa shape index (κ3) is 4.04. The van der Waals surface area contributed by atoms with Gasteiger partial charge in [-0.2, -0.15) is 0 Å². The molecule has 0 saturated heterocycles. The number of nitrogens with zero attached hydrogens (tertiary/aromatic N) is 2. The van der Waals surface area contributed by atoms with E-state index in [1.54, 1.807) is 17.0 Å². The van der Waals surface area contributed by atoms with Gasteiger partial charge in [0.25, 0.3) is 0 Å². The Morgan fingerprint density at radius 3 is 2.71 bits per heavy atom. The molecule has 1 amide bonds. The zero-order chi connectivity index (χ0) is 19.7. The molecule has 148 valence electrons. The van der Waals surface area contributed by atoms with Crippen molar-refractivity contribution in [2.24, 2.45) is 11.1 Å². The van der Waals surface area contributed by atoms with Crippen molar-refractivity contribution in [3.05, 3.63) is 58.5 Å². The van der Waals surface area contributed by atoms with Gasteiger partial charge in [0, 0.05) is 30.5 Å². The van der Waals surface area contributed by atoms with Crippen molar-refractivity contribution < 1.29 is 22.8 Å². The highest BCUT2D eigenvalue weighted by atomic mass is 35.5. The van der Waals surface area contributed by atoms with Gasteiger partial charge in [-0.1, -0.05) is 17.6 Å². The average molecular weight is 409 g/mol. The number of halogens is 3. The summed E-state index contributed by atoms with van der Waals surface area (Å²) in [5.74, 6) is -0.871. The maximum absolute atomic E-state index is 14.1. The zero-order valence-electron chi connectivity index (χ0n) is 15.0. The van der Waals surface area contributed by atoms with E-state index in [4.69, 9.17) is 20.9 Å². The number of carbonyl (C=O) groups is 1. The normalized spacial score (nSPS) is 19.1. The number of hydrogen-bond donors (Lipinski definition) is 0. The maximum atomic E-state index is 14.1. The highest BCUT2D eigenvalue weighted by molar-refractivity contribution is 6.29. The summed E-state index contributed by atoms with van der Waals surface area (Å²) in [6.07, 6.45) is 2.76. The molecule has 1 aliphatic heterocycles. The minimum Gasteiger partial charge on any atom is -0.443 e. The molecule has 1 saturated carbocycles. The van der Waals surface area contributed by atoms with Crippen LogP contribution in [0.25, 0.3) is 0 Å². The van der Waals surface area contributed by atoms with E-state index in [2.05, 4.69) is 5.16 Å². The summed E-state index contributed by atoms with van der Waals surface area (Å²) in [5, 5.41) is 4.29. The van der Waals surface area contributed by atoms with E-state index in [1.165, 1.54) is 12.1 Å². The van der Waals surface area contributed by atoms with Crippen molar-refractivity contribution in [2.45, 2.75) is 38.3 Å². The topological polar surface area (TPSA) is 55.0 Å². The standard InChI is InChI=1S/C20H19ClF2N2O3/c21-19-7-6-18(27-19)17-9-15(28-24-17)11-25(20(26)12-2-1-3-12)10-13-4-5-14(22)8-16(13)23/h4-8,12,15H,1-3,9-11H2/t15-/m1/s1. The average Bonchev–Trinajstić information content (AvgIpc) is 3.23. The number of amides is 1. The van der Waals surface area contributed by atoms with Crippen molar-refractivity contribution in [1.29, 1.82) is 0 Å². The summed E-state index contributed by atoms with van der Waals surface area (Å²) in [6.45, 7) is 0.316. The lowest BCUT2D eigenvalue weighted by Crippen LogP contribution is -2.42. The van der Waals surface area contributed by atoms with Gasteiger partial charge in [0.05, 0.1) is 6.54 Å². The molecule has 1 fully saturated rings. The Balaban J connectivity index is 1.46. The van der Waals surface area contributed by atoms with E-state index in [-0.39, 0.29) is 41.8 Å². The molecule has 4 rings (SSSR count). The Bertz CT molecular complexity index is 911. The molecular formula is C20H19ClF2N2O3. The molecule has 0 spiro atoms. The van der Waals surface area contributed by atoms with Gasteiger partial charge in [-0.15, -0.1) is 0 Å². The van der Waals surface area contributed by atoms with Crippen LogP contribution in [0.2, 0.25) is 5.22 Å². The third-order valence-corrected chi connectivity index (χ3v) is 5.36. The number of hydrogen-bond acceptors (Lipinski definition) is 4. The number of furan rings is 1. The highest BCUT2D eigenvalue weighted by Gasteiger charge is 2.33. The summed E-state index contributed by atoms with van der Waals surface area (Å²) in [7, 11) is 0. The number of carbonyl (C=O) groups excluding carboxylic acids is 1. The molecule has 0 radical (unpaired) electrons. The Hall–Kier alpha value is -2.41. The first-order valence-electron chi connectivity index (χ1n) is 9.20. The van der Waals surface area contributed by atoms with Crippen LogP contribution >= 0.6 is 11.6 Å². The lowest BCUT2D eigenvalue weighted by Gasteiger charge is -2.32. The van der Waals surface area contributed by atoms with Crippen molar-refractivity contribution >= 4 is 23.2 Å². The highest BCUT2D eigenvalue weighted by Crippen LogP contribution is 2.30. The lowest BCUT2D eigenvalue weighted by atomic mass is 9.84. The molecule has 0 unspecified atom stereocenters. The van der Waals surface area contributed by atoms with Crippen LogP contribution in [0.3, 0.4) is 0 Å². The predicted molar refractivity (Wildman–Crippen MR) is 98.9 cm³/mol. The molecular weight excluding hydrogens is 390 g/mol. The van der Waals surface area contributed by atoms with E-state index in [9.17, 15) is 13.6 Å². The SMILES string of the molecule is O=C(C1CCC1)N(Cc1ccc(F)cc1F)C[C@H]1CC(c2ccc(Cl)o2)=NO1. The predicted octanol–water partition coefficient (Wildman–Crippen LogP) is 4.53. The first-order valence-corrected chi connectivity index (χ1v) is 9.58. The molecule has 1 aromatic heterocycles. The summed E-state index contributed by atoms with van der Waals surface area (Å²) in [6, 6.07) is 6.72. The molecule has 1 atom stereocenters. The van der Waals surface area contributed by atoms with Crippen molar-refractivity contribution in [2.75, 3.05) is 6.54 Å². The van der Waals surface area contributed by atoms with Crippen LogP contribution in [0.5, 0.6) is 0 Å². The fourth-order valence-electron chi connectivity index (χ4n) is 3.39. The molecule has 0 N–H and O–H groups in total. The van der Waals surface area contributed by atoms with Gasteiger partial charge < -0.3 is 14.2 Å². The number of rotatable bonds is 6. The first-order chi connectivity index (χ1) is 13.5. The largest absolute Gasteiger partial charge is 0.443 e. The summed E-state index contributed by atoms with van der Waals surface area (Å²) < 4.78 is 32.7. The van der Waals surface area contributed by atoms with Crippen LogP contribution in [0.1, 0.15) is 37.0 Å². The van der Waals surface area contributed by atoms with Gasteiger partial charge in [0.15, 0.2) is 17.1 Å². The second-order valence-electron chi connectivity index (χ2n) is 7.16. The van der Waals surface area contributed by atoms with Gasteiger partial charge in [-0.25, -0.2) is 8.78 Å². The zero-order valence-corrected chi connectivity index (χ0v) is 15.8. The first kappa shape index (κ1) is 18.9. The van der Waals surface area contributed by atoms with Crippen molar-refractivity contribution in [3.8, 4) is 0 Å². The van der Waals surface area contributed by atoms with Crippen LogP contribution in [0.15, 0.2) is 39.9 Å². The van der Waals surface area contributed by atoms with Gasteiger partial charge in [-0.05, 0) is 42.6 Å². The van der Waals surface area contributed by atoms with Crippen LogP contribution in [-0.4, -0.2) is 29.2 Å². The molecule has 8 heteroatoms. The number of benzene rings is 1. The van der Waals surface area contributed by atoms with E-state index in [1.807, 2.05) is 0 Å².